The summed E-state index contributed by atoms with van der Waals surface area (Å²) in [6.45, 7) is 12.6. The lowest BCUT2D eigenvalue weighted by atomic mass is 10.1. The van der Waals surface area contributed by atoms with Gasteiger partial charge in [-0.15, -0.1) is 0 Å². The summed E-state index contributed by atoms with van der Waals surface area (Å²) >= 11 is 0. The fourth-order valence-electron chi connectivity index (χ4n) is 10.7. The number of amides is 3. The van der Waals surface area contributed by atoms with Crippen LogP contribution in [0, 0.1) is 0 Å². The van der Waals surface area contributed by atoms with Gasteiger partial charge in [0.1, 0.15) is 0 Å². The van der Waals surface area contributed by atoms with Gasteiger partial charge in [-0.05, 0) is 74.9 Å². The molecule has 2 aromatic rings. The molecule has 0 aliphatic rings. The van der Waals surface area contributed by atoms with Crippen LogP contribution in [-0.2, 0) is 9.59 Å². The summed E-state index contributed by atoms with van der Waals surface area (Å²) in [6, 6.07) is 10.8. The highest BCUT2D eigenvalue weighted by molar-refractivity contribution is 5.95. The molecule has 0 saturated heterocycles. The van der Waals surface area contributed by atoms with Gasteiger partial charge in [0.05, 0.1) is 32.8 Å². The van der Waals surface area contributed by atoms with Crippen LogP contribution in [0.25, 0.3) is 0 Å². The Morgan fingerprint density at radius 3 is 0.881 bits per heavy atom. The maximum atomic E-state index is 13.6. The fourth-order valence-corrected chi connectivity index (χ4v) is 10.7. The van der Waals surface area contributed by atoms with E-state index in [0.717, 1.165) is 51.4 Å². The summed E-state index contributed by atoms with van der Waals surface area (Å²) in [7, 11) is 0. The maximum Gasteiger partial charge on any atom is 0.303 e. The van der Waals surface area contributed by atoms with E-state index in [9.17, 15) is 24.3 Å². The van der Waals surface area contributed by atoms with E-state index >= 15 is 0 Å². The predicted molar refractivity (Wildman–Crippen MR) is 350 cm³/mol. The summed E-state index contributed by atoms with van der Waals surface area (Å²) in [6.07, 6.45) is 50.4. The third-order valence-corrected chi connectivity index (χ3v) is 16.1. The molecule has 482 valence electrons. The van der Waals surface area contributed by atoms with Gasteiger partial charge >= 0.3 is 5.97 Å². The Labute approximate surface area is 513 Å². The summed E-state index contributed by atoms with van der Waals surface area (Å²) < 4.78 is 25.2. The largest absolute Gasteiger partial charge is 0.490 e. The zero-order valence-electron chi connectivity index (χ0n) is 54.4. The zero-order valence-corrected chi connectivity index (χ0v) is 54.4. The Balaban J connectivity index is 1.97. The summed E-state index contributed by atoms with van der Waals surface area (Å²) in [5, 5.41) is 15.4. The number of carbonyl (C=O) groups is 4. The molecule has 0 aromatic heterocycles. The van der Waals surface area contributed by atoms with E-state index < -0.39 is 5.97 Å². The molecule has 0 aliphatic carbocycles. The monoisotopic (exact) mass is 1180 g/mol. The van der Waals surface area contributed by atoms with Crippen molar-refractivity contribution in [3.8, 4) is 23.0 Å². The molecule has 0 saturated carbocycles. The number of carbonyl (C=O) groups excluding carboxylic acids is 3. The number of carboxylic acids is 1. The summed E-state index contributed by atoms with van der Waals surface area (Å²) in [5.41, 5.74) is 0.951. The molecule has 0 unspecified atom stereocenters. The van der Waals surface area contributed by atoms with Crippen molar-refractivity contribution in [2.24, 2.45) is 0 Å². The quantitative estimate of drug-likeness (QED) is 0.0550. The highest BCUT2D eigenvalue weighted by atomic mass is 16.5. The van der Waals surface area contributed by atoms with Gasteiger partial charge in [0.25, 0.3) is 11.8 Å². The molecule has 12 nitrogen and oxygen atoms in total. The van der Waals surface area contributed by atoms with Crippen molar-refractivity contribution in [1.82, 2.24) is 15.5 Å². The topological polar surface area (TPSA) is 153 Å². The van der Waals surface area contributed by atoms with Gasteiger partial charge < -0.3 is 39.6 Å². The first kappa shape index (κ1) is 75.6. The van der Waals surface area contributed by atoms with Crippen LogP contribution < -0.4 is 29.6 Å². The molecule has 0 heterocycles. The number of ether oxygens (including phenoxy) is 4. The molecule has 0 aliphatic heterocycles. The second-order valence-electron chi connectivity index (χ2n) is 23.9. The van der Waals surface area contributed by atoms with Crippen LogP contribution in [0.15, 0.2) is 36.4 Å². The SMILES string of the molecule is CCCCCCCCCCCCOc1ccc(C(=O)NCCCN(CCCNC(=O)c2ccc(OCCCCCCCCCCCC)c(OCCCCCCCCCCCC)c2)C(=O)CCC(=O)O)cc1OCCCCCCCCCCCC. The minimum atomic E-state index is -1.04. The van der Waals surface area contributed by atoms with Crippen molar-refractivity contribution in [3.63, 3.8) is 0 Å². The number of nitrogens with one attached hydrogen (secondary N) is 2. The normalized spacial score (nSPS) is 11.2. The van der Waals surface area contributed by atoms with Crippen LogP contribution in [0.2, 0.25) is 0 Å². The Morgan fingerprint density at radius 1 is 0.345 bits per heavy atom. The van der Waals surface area contributed by atoms with Crippen LogP contribution >= 0.6 is 0 Å². The number of aliphatic carboxylic acids is 1. The molecule has 0 radical (unpaired) electrons. The van der Waals surface area contributed by atoms with Gasteiger partial charge in [-0.1, -0.05) is 259 Å². The van der Waals surface area contributed by atoms with E-state index in [4.69, 9.17) is 18.9 Å². The first-order valence-corrected chi connectivity index (χ1v) is 35.1. The molecule has 3 N–H and O–H groups in total. The van der Waals surface area contributed by atoms with E-state index in [-0.39, 0.29) is 30.6 Å². The van der Waals surface area contributed by atoms with Crippen LogP contribution in [0.4, 0.5) is 0 Å². The first-order chi connectivity index (χ1) is 41.2. The van der Waals surface area contributed by atoms with Crippen molar-refractivity contribution in [2.45, 2.75) is 310 Å². The molecule has 3 amide bonds. The number of hydrogen-bond donors (Lipinski definition) is 3. The lowest BCUT2D eigenvalue weighted by Gasteiger charge is -2.23. The minimum Gasteiger partial charge on any atom is -0.490 e. The number of nitrogens with zero attached hydrogens (tertiary/aromatic N) is 1. The maximum absolute atomic E-state index is 13.6. The summed E-state index contributed by atoms with van der Waals surface area (Å²) in [5.74, 6) is 0.696. The fraction of sp³-hybridized carbons (Fsp3) is 0.778. The van der Waals surface area contributed by atoms with Crippen molar-refractivity contribution < 1.29 is 43.2 Å². The van der Waals surface area contributed by atoms with Gasteiger partial charge in [-0.2, -0.15) is 0 Å². The van der Waals surface area contributed by atoms with Gasteiger partial charge in [0.15, 0.2) is 23.0 Å². The van der Waals surface area contributed by atoms with Crippen molar-refractivity contribution in [1.29, 1.82) is 0 Å². The average Bonchev–Trinajstić information content (AvgIpc) is 3.60. The van der Waals surface area contributed by atoms with Crippen LogP contribution in [-0.4, -0.2) is 86.3 Å². The van der Waals surface area contributed by atoms with Gasteiger partial charge in [0.2, 0.25) is 5.91 Å². The van der Waals surface area contributed by atoms with Crippen LogP contribution in [0.3, 0.4) is 0 Å². The molecular formula is C72H125N3O9. The molecule has 12 heteroatoms. The number of hydrogen-bond acceptors (Lipinski definition) is 8. The molecule has 0 atom stereocenters. The van der Waals surface area contributed by atoms with Crippen molar-refractivity contribution >= 4 is 23.7 Å². The number of rotatable bonds is 61. The Kier molecular flexibility index (Phi) is 49.6. The molecule has 84 heavy (non-hydrogen) atoms. The molecule has 0 fully saturated rings. The van der Waals surface area contributed by atoms with E-state index in [1.807, 2.05) is 12.1 Å². The molecule has 0 bridgehead atoms. The first-order valence-electron chi connectivity index (χ1n) is 35.1. The van der Waals surface area contributed by atoms with E-state index in [2.05, 4.69) is 38.3 Å². The number of benzene rings is 2. The molecule has 2 rings (SSSR count). The Hall–Kier alpha value is -4.48. The van der Waals surface area contributed by atoms with Gasteiger partial charge in [-0.3, -0.25) is 19.2 Å². The summed E-state index contributed by atoms with van der Waals surface area (Å²) in [4.78, 5) is 53.6. The van der Waals surface area contributed by atoms with Crippen LogP contribution in [0.1, 0.15) is 331 Å². The lowest BCUT2D eigenvalue weighted by molar-refractivity contribution is -0.141. The Bertz CT molecular complexity index is 1790. The predicted octanol–water partition coefficient (Wildman–Crippen LogP) is 19.5. The second kappa shape index (κ2) is 55.1. The second-order valence-corrected chi connectivity index (χ2v) is 23.9. The highest BCUT2D eigenvalue weighted by Crippen LogP contribution is 2.31. The van der Waals surface area contributed by atoms with E-state index in [1.165, 1.54) is 205 Å². The van der Waals surface area contributed by atoms with Crippen molar-refractivity contribution in [2.75, 3.05) is 52.6 Å². The number of unbranched alkanes of at least 4 members (excludes halogenated alkanes) is 36. The minimum absolute atomic E-state index is 0.126. The lowest BCUT2D eigenvalue weighted by Crippen LogP contribution is -2.37. The van der Waals surface area contributed by atoms with E-state index in [0.29, 0.717) is 99.6 Å². The zero-order chi connectivity index (χ0) is 60.6. The number of carboxylic acid groups (broad SMARTS) is 1. The van der Waals surface area contributed by atoms with Gasteiger partial charge in [0, 0.05) is 43.7 Å². The Morgan fingerprint density at radius 2 is 0.607 bits per heavy atom. The average molecular weight is 1180 g/mol. The third-order valence-electron chi connectivity index (χ3n) is 16.1. The van der Waals surface area contributed by atoms with Crippen molar-refractivity contribution in [3.05, 3.63) is 47.5 Å². The van der Waals surface area contributed by atoms with Crippen LogP contribution in [0.5, 0.6) is 23.0 Å². The molecule has 2 aromatic carbocycles. The standard InChI is InChI=1S/C72H125N3O9/c1-5-9-13-17-21-25-29-33-37-41-57-81-65-49-47-63(61-67(65)83-59-43-39-35-31-27-23-19-15-11-7-3)71(79)73-53-45-55-75(69(76)51-52-70(77)78)56-46-54-74-72(80)64-48-50-66(82-58-42-38-34-30-26-22-18-14-10-6-2)68(62-64)84-60-44-40-36-32-28-24-20-16-12-8-4/h47-50,61-62H,5-46,51-60H2,1-4H3,(H,73,79)(H,74,80)(H,77,78). The van der Waals surface area contributed by atoms with Gasteiger partial charge in [-0.25, -0.2) is 0 Å². The third kappa shape index (κ3) is 41.5. The van der Waals surface area contributed by atoms with E-state index in [1.54, 1.807) is 29.2 Å². The highest BCUT2D eigenvalue weighted by Gasteiger charge is 2.18. The molecular weight excluding hydrogens is 1050 g/mol. The molecule has 0 spiro atoms. The smallest absolute Gasteiger partial charge is 0.303 e.